The summed E-state index contributed by atoms with van der Waals surface area (Å²) < 4.78 is 53.3. The standard InChI is InChI=1S/C19H16F4N6O2S/c1-10-13(15(30)24-18-26-25-17(32-18)19(21,22)23)27-29-9-8-28(16(31)14(10)29)7-6-11-4-2-3-5-12(11)20/h2-5H,6-9H2,1H3,(H,24,26,30). The number of benzene rings is 1. The summed E-state index contributed by atoms with van der Waals surface area (Å²) in [6, 6.07) is 6.31. The molecule has 0 radical (unpaired) electrons. The molecule has 0 spiro atoms. The smallest absolute Gasteiger partial charge is 0.335 e. The molecule has 0 fully saturated rings. The number of amides is 2. The maximum absolute atomic E-state index is 13.8. The molecule has 0 bridgehead atoms. The summed E-state index contributed by atoms with van der Waals surface area (Å²) in [6.45, 7) is 2.47. The number of carbonyl (C=O) groups is 2. The van der Waals surface area contributed by atoms with Crippen molar-refractivity contribution in [3.8, 4) is 0 Å². The normalized spacial score (nSPS) is 13.9. The first-order valence-corrected chi connectivity index (χ1v) is 10.3. The van der Waals surface area contributed by atoms with Gasteiger partial charge in [-0.05, 0) is 25.0 Å². The highest BCUT2D eigenvalue weighted by molar-refractivity contribution is 7.15. The van der Waals surface area contributed by atoms with E-state index in [1.165, 1.54) is 17.7 Å². The van der Waals surface area contributed by atoms with E-state index in [9.17, 15) is 27.2 Å². The predicted octanol–water partition coefficient (Wildman–Crippen LogP) is 3.15. The summed E-state index contributed by atoms with van der Waals surface area (Å²) in [5, 5.41) is 11.2. The van der Waals surface area contributed by atoms with Gasteiger partial charge in [-0.1, -0.05) is 29.5 Å². The second kappa shape index (κ2) is 8.30. The Labute approximate surface area is 182 Å². The Morgan fingerprint density at radius 2 is 1.97 bits per heavy atom. The van der Waals surface area contributed by atoms with Gasteiger partial charge in [0.1, 0.15) is 11.5 Å². The fraction of sp³-hybridized carbons (Fsp3) is 0.316. The van der Waals surface area contributed by atoms with E-state index in [0.29, 0.717) is 30.6 Å². The number of hydrogen-bond donors (Lipinski definition) is 1. The Morgan fingerprint density at radius 1 is 1.22 bits per heavy atom. The fourth-order valence-electron chi connectivity index (χ4n) is 3.38. The zero-order valence-corrected chi connectivity index (χ0v) is 17.4. The Hall–Kier alpha value is -3.35. The molecule has 0 saturated heterocycles. The van der Waals surface area contributed by atoms with Gasteiger partial charge < -0.3 is 4.90 Å². The molecule has 0 saturated carbocycles. The molecule has 32 heavy (non-hydrogen) atoms. The third-order valence-electron chi connectivity index (χ3n) is 4.97. The first-order chi connectivity index (χ1) is 15.1. The molecule has 1 aromatic carbocycles. The van der Waals surface area contributed by atoms with Crippen LogP contribution in [-0.4, -0.2) is 49.8 Å². The minimum Gasteiger partial charge on any atom is -0.335 e. The largest absolute Gasteiger partial charge is 0.445 e. The van der Waals surface area contributed by atoms with Gasteiger partial charge in [0.25, 0.3) is 11.8 Å². The molecule has 0 atom stereocenters. The maximum atomic E-state index is 13.8. The Balaban J connectivity index is 1.48. The Kier molecular flexibility index (Phi) is 5.67. The molecule has 3 heterocycles. The molecule has 3 aromatic rings. The van der Waals surface area contributed by atoms with E-state index < -0.39 is 17.1 Å². The Morgan fingerprint density at radius 3 is 2.66 bits per heavy atom. The quantitative estimate of drug-likeness (QED) is 0.581. The van der Waals surface area contributed by atoms with Gasteiger partial charge in [-0.2, -0.15) is 18.3 Å². The van der Waals surface area contributed by atoms with Crippen LogP contribution < -0.4 is 5.32 Å². The molecule has 0 aliphatic carbocycles. The van der Waals surface area contributed by atoms with E-state index in [1.54, 1.807) is 23.1 Å². The SMILES string of the molecule is Cc1c(C(=O)Nc2nnc(C(F)(F)F)s2)nn2c1C(=O)N(CCc1ccccc1F)CC2. The van der Waals surface area contributed by atoms with Gasteiger partial charge in [-0.15, -0.1) is 10.2 Å². The molecule has 4 rings (SSSR count). The van der Waals surface area contributed by atoms with Crippen LogP contribution in [0.15, 0.2) is 24.3 Å². The van der Waals surface area contributed by atoms with Crippen molar-refractivity contribution in [1.82, 2.24) is 24.9 Å². The molecule has 0 unspecified atom stereocenters. The number of nitrogens with one attached hydrogen (secondary N) is 1. The number of hydrogen-bond acceptors (Lipinski definition) is 6. The van der Waals surface area contributed by atoms with Gasteiger partial charge in [0.15, 0.2) is 5.69 Å². The summed E-state index contributed by atoms with van der Waals surface area (Å²) in [5.41, 5.74) is 0.909. The highest BCUT2D eigenvalue weighted by Crippen LogP contribution is 2.33. The van der Waals surface area contributed by atoms with E-state index >= 15 is 0 Å². The molecule has 13 heteroatoms. The second-order valence-corrected chi connectivity index (χ2v) is 8.02. The number of fused-ring (bicyclic) bond motifs is 1. The minimum atomic E-state index is -4.66. The number of nitrogens with zero attached hydrogens (tertiary/aromatic N) is 5. The highest BCUT2D eigenvalue weighted by Gasteiger charge is 2.36. The fourth-order valence-corrected chi connectivity index (χ4v) is 3.99. The van der Waals surface area contributed by atoms with Crippen LogP contribution in [0.3, 0.4) is 0 Å². The number of halogens is 4. The number of rotatable bonds is 5. The zero-order chi connectivity index (χ0) is 23.0. The molecule has 2 aromatic heterocycles. The third kappa shape index (κ3) is 4.20. The van der Waals surface area contributed by atoms with Gasteiger partial charge in [0.05, 0.1) is 6.54 Å². The van der Waals surface area contributed by atoms with Crippen molar-refractivity contribution in [2.24, 2.45) is 0 Å². The molecule has 168 valence electrons. The molecule has 8 nitrogen and oxygen atoms in total. The van der Waals surface area contributed by atoms with Crippen molar-refractivity contribution < 1.29 is 27.2 Å². The van der Waals surface area contributed by atoms with Gasteiger partial charge in [-0.3, -0.25) is 19.6 Å². The molecule has 1 N–H and O–H groups in total. The second-order valence-electron chi connectivity index (χ2n) is 7.04. The van der Waals surface area contributed by atoms with Crippen LogP contribution in [0.4, 0.5) is 22.7 Å². The van der Waals surface area contributed by atoms with Gasteiger partial charge in [0.2, 0.25) is 10.1 Å². The molecule has 2 amide bonds. The summed E-state index contributed by atoms with van der Waals surface area (Å²) in [7, 11) is 0. The maximum Gasteiger partial charge on any atom is 0.445 e. The number of carbonyl (C=O) groups excluding carboxylic acids is 2. The monoisotopic (exact) mass is 468 g/mol. The topological polar surface area (TPSA) is 93.0 Å². The molecular formula is C19H16F4N6O2S. The molecular weight excluding hydrogens is 452 g/mol. The van der Waals surface area contributed by atoms with Gasteiger partial charge in [0, 0.05) is 18.7 Å². The number of anilines is 1. The van der Waals surface area contributed by atoms with Crippen molar-refractivity contribution in [3.05, 3.63) is 57.6 Å². The van der Waals surface area contributed by atoms with E-state index in [1.807, 2.05) is 0 Å². The van der Waals surface area contributed by atoms with Crippen LogP contribution in [-0.2, 0) is 19.1 Å². The number of aromatic nitrogens is 4. The first-order valence-electron chi connectivity index (χ1n) is 9.47. The lowest BCUT2D eigenvalue weighted by molar-refractivity contribution is -0.138. The van der Waals surface area contributed by atoms with E-state index in [4.69, 9.17) is 0 Å². The van der Waals surface area contributed by atoms with Crippen LogP contribution >= 0.6 is 11.3 Å². The minimum absolute atomic E-state index is 0.0898. The van der Waals surface area contributed by atoms with Crippen LogP contribution in [0.1, 0.15) is 37.1 Å². The third-order valence-corrected chi connectivity index (χ3v) is 5.86. The van der Waals surface area contributed by atoms with Crippen molar-refractivity contribution in [1.29, 1.82) is 0 Å². The van der Waals surface area contributed by atoms with Crippen LogP contribution in [0, 0.1) is 12.7 Å². The average molecular weight is 468 g/mol. The van der Waals surface area contributed by atoms with Gasteiger partial charge in [-0.25, -0.2) is 4.39 Å². The van der Waals surface area contributed by atoms with Crippen molar-refractivity contribution in [2.45, 2.75) is 26.1 Å². The molecule has 1 aliphatic rings. The van der Waals surface area contributed by atoms with Crippen LogP contribution in [0.2, 0.25) is 0 Å². The zero-order valence-electron chi connectivity index (χ0n) is 16.6. The van der Waals surface area contributed by atoms with Crippen LogP contribution in [0.5, 0.6) is 0 Å². The summed E-state index contributed by atoms with van der Waals surface area (Å²) in [4.78, 5) is 27.1. The van der Waals surface area contributed by atoms with E-state index in [-0.39, 0.29) is 46.1 Å². The Bertz CT molecular complexity index is 1190. The van der Waals surface area contributed by atoms with Crippen LogP contribution in [0.25, 0.3) is 0 Å². The first kappa shape index (κ1) is 21.9. The van der Waals surface area contributed by atoms with Crippen molar-refractivity contribution >= 4 is 28.3 Å². The summed E-state index contributed by atoms with van der Waals surface area (Å²) >= 11 is 0.191. The molecule has 1 aliphatic heterocycles. The lowest BCUT2D eigenvalue weighted by atomic mass is 10.1. The van der Waals surface area contributed by atoms with Crippen molar-refractivity contribution in [3.63, 3.8) is 0 Å². The lowest BCUT2D eigenvalue weighted by Crippen LogP contribution is -2.41. The van der Waals surface area contributed by atoms with E-state index in [2.05, 4.69) is 20.6 Å². The predicted molar refractivity (Wildman–Crippen MR) is 106 cm³/mol. The van der Waals surface area contributed by atoms with Crippen molar-refractivity contribution in [2.75, 3.05) is 18.4 Å². The average Bonchev–Trinajstić information content (AvgIpc) is 3.33. The highest BCUT2D eigenvalue weighted by atomic mass is 32.1. The number of alkyl halides is 3. The summed E-state index contributed by atoms with van der Waals surface area (Å²) in [5.74, 6) is -1.49. The summed E-state index contributed by atoms with van der Waals surface area (Å²) in [6.07, 6.45) is -4.33. The van der Waals surface area contributed by atoms with E-state index in [0.717, 1.165) is 0 Å². The lowest BCUT2D eigenvalue weighted by Gasteiger charge is -2.28. The van der Waals surface area contributed by atoms with Gasteiger partial charge >= 0.3 is 6.18 Å².